The van der Waals surface area contributed by atoms with Gasteiger partial charge in [0.1, 0.15) is 11.4 Å². The first-order chi connectivity index (χ1) is 14.6. The summed E-state index contributed by atoms with van der Waals surface area (Å²) in [5.41, 5.74) is 2.01. The normalized spacial score (nSPS) is 10.8. The number of ether oxygens (including phenoxy) is 1. The number of hydrogen-bond acceptors (Lipinski definition) is 6. The summed E-state index contributed by atoms with van der Waals surface area (Å²) in [7, 11) is 0. The molecule has 0 spiro atoms. The lowest BCUT2D eigenvalue weighted by atomic mass is 10.2. The van der Waals surface area contributed by atoms with E-state index in [9.17, 15) is 18.0 Å². The van der Waals surface area contributed by atoms with Crippen molar-refractivity contribution in [1.29, 1.82) is 0 Å². The molecule has 2 aromatic heterocycles. The van der Waals surface area contributed by atoms with E-state index in [0.717, 1.165) is 11.3 Å². The van der Waals surface area contributed by atoms with Gasteiger partial charge in [-0.05, 0) is 50.2 Å². The summed E-state index contributed by atoms with van der Waals surface area (Å²) in [6.07, 6.45) is -1.66. The molecular formula is C20H18F3N3O5. The molecular weight excluding hydrogens is 419 g/mol. The molecule has 1 aromatic carbocycles. The van der Waals surface area contributed by atoms with Crippen molar-refractivity contribution in [3.8, 4) is 17.0 Å². The summed E-state index contributed by atoms with van der Waals surface area (Å²) in [4.78, 5) is 25.1. The highest BCUT2D eigenvalue weighted by atomic mass is 19.4. The van der Waals surface area contributed by atoms with Gasteiger partial charge in [-0.1, -0.05) is 5.16 Å². The van der Waals surface area contributed by atoms with E-state index in [1.54, 1.807) is 42.7 Å². The average molecular weight is 437 g/mol. The number of carboxylic acid groups (broad SMARTS) is 1. The van der Waals surface area contributed by atoms with Crippen molar-refractivity contribution < 1.29 is 37.1 Å². The number of alkyl halides is 3. The molecule has 164 valence electrons. The van der Waals surface area contributed by atoms with Gasteiger partial charge in [0.05, 0.1) is 6.10 Å². The fourth-order valence-corrected chi connectivity index (χ4v) is 2.13. The molecule has 0 aliphatic carbocycles. The third kappa shape index (κ3) is 7.46. The second-order valence-electron chi connectivity index (χ2n) is 6.26. The number of halogens is 3. The van der Waals surface area contributed by atoms with Crippen LogP contribution in [0.15, 0.2) is 59.4 Å². The number of carboxylic acids is 1. The molecule has 2 heterocycles. The molecule has 11 heteroatoms. The average Bonchev–Trinajstić information content (AvgIpc) is 3.17. The summed E-state index contributed by atoms with van der Waals surface area (Å²) in [5, 5.41) is 13.8. The fourth-order valence-electron chi connectivity index (χ4n) is 2.13. The Morgan fingerprint density at radius 1 is 1.10 bits per heavy atom. The Labute approximate surface area is 174 Å². The molecule has 2 N–H and O–H groups in total. The number of aliphatic carboxylic acids is 1. The van der Waals surface area contributed by atoms with Crippen molar-refractivity contribution in [2.24, 2.45) is 0 Å². The van der Waals surface area contributed by atoms with Gasteiger partial charge in [0, 0.05) is 29.6 Å². The van der Waals surface area contributed by atoms with E-state index in [1.807, 2.05) is 26.0 Å². The van der Waals surface area contributed by atoms with Crippen LogP contribution in [0.1, 0.15) is 24.2 Å². The number of nitrogens with one attached hydrogen (secondary N) is 1. The minimum absolute atomic E-state index is 0.0884. The van der Waals surface area contributed by atoms with Crippen LogP contribution in [0.25, 0.3) is 11.3 Å². The van der Waals surface area contributed by atoms with E-state index in [2.05, 4.69) is 15.5 Å². The summed E-state index contributed by atoms with van der Waals surface area (Å²) >= 11 is 0. The number of hydrogen-bond donors (Lipinski definition) is 2. The molecule has 0 radical (unpaired) electrons. The number of carbonyl (C=O) groups excluding carboxylic acids is 1. The second-order valence-corrected chi connectivity index (χ2v) is 6.26. The first-order valence-electron chi connectivity index (χ1n) is 8.81. The molecule has 0 saturated carbocycles. The summed E-state index contributed by atoms with van der Waals surface area (Å²) in [5.74, 6) is -2.02. The molecule has 0 fully saturated rings. The maximum absolute atomic E-state index is 12.2. The molecule has 0 aliphatic rings. The van der Waals surface area contributed by atoms with Gasteiger partial charge in [-0.2, -0.15) is 13.2 Å². The Kier molecular flexibility index (Phi) is 7.72. The van der Waals surface area contributed by atoms with Crippen LogP contribution in [-0.2, 0) is 4.79 Å². The van der Waals surface area contributed by atoms with E-state index in [4.69, 9.17) is 19.2 Å². The number of pyridine rings is 1. The molecule has 3 rings (SSSR count). The first-order valence-corrected chi connectivity index (χ1v) is 8.81. The maximum Gasteiger partial charge on any atom is 0.490 e. The minimum Gasteiger partial charge on any atom is -0.491 e. The topological polar surface area (TPSA) is 115 Å². The van der Waals surface area contributed by atoms with Crippen molar-refractivity contribution in [3.05, 3.63) is 60.4 Å². The van der Waals surface area contributed by atoms with E-state index in [0.29, 0.717) is 11.3 Å². The molecule has 1 amide bonds. The zero-order chi connectivity index (χ0) is 23.0. The van der Waals surface area contributed by atoms with Gasteiger partial charge in [0.2, 0.25) is 5.88 Å². The quantitative estimate of drug-likeness (QED) is 0.608. The second kappa shape index (κ2) is 10.2. The number of rotatable bonds is 5. The highest BCUT2D eigenvalue weighted by Gasteiger charge is 2.38. The summed E-state index contributed by atoms with van der Waals surface area (Å²) in [6, 6.07) is 12.2. The monoisotopic (exact) mass is 437 g/mol. The third-order valence-corrected chi connectivity index (χ3v) is 3.45. The van der Waals surface area contributed by atoms with Crippen LogP contribution in [0.4, 0.5) is 19.1 Å². The van der Waals surface area contributed by atoms with Gasteiger partial charge < -0.3 is 14.4 Å². The van der Waals surface area contributed by atoms with E-state index < -0.39 is 12.1 Å². The Morgan fingerprint density at radius 3 is 2.19 bits per heavy atom. The zero-order valence-electron chi connectivity index (χ0n) is 16.4. The lowest BCUT2D eigenvalue weighted by molar-refractivity contribution is -0.192. The predicted molar refractivity (Wildman–Crippen MR) is 104 cm³/mol. The Bertz CT molecular complexity index is 1000. The molecule has 0 aliphatic heterocycles. The number of aromatic nitrogens is 2. The van der Waals surface area contributed by atoms with Gasteiger partial charge in [-0.15, -0.1) is 0 Å². The van der Waals surface area contributed by atoms with Crippen LogP contribution in [0, 0.1) is 0 Å². The van der Waals surface area contributed by atoms with Gasteiger partial charge in [0.15, 0.2) is 0 Å². The lowest BCUT2D eigenvalue weighted by Gasteiger charge is -2.09. The Balaban J connectivity index is 0.000000423. The highest BCUT2D eigenvalue weighted by Crippen LogP contribution is 2.21. The van der Waals surface area contributed by atoms with Crippen molar-refractivity contribution in [2.45, 2.75) is 26.1 Å². The van der Waals surface area contributed by atoms with Crippen LogP contribution in [0.3, 0.4) is 0 Å². The zero-order valence-corrected chi connectivity index (χ0v) is 16.4. The van der Waals surface area contributed by atoms with Gasteiger partial charge in [0.25, 0.3) is 5.91 Å². The lowest BCUT2D eigenvalue weighted by Crippen LogP contribution is -2.21. The minimum atomic E-state index is -5.08. The summed E-state index contributed by atoms with van der Waals surface area (Å²) < 4.78 is 42.5. The largest absolute Gasteiger partial charge is 0.491 e. The Hall–Kier alpha value is -3.89. The predicted octanol–water partition coefficient (Wildman–Crippen LogP) is 4.41. The first kappa shape index (κ1) is 23.4. The van der Waals surface area contributed by atoms with Crippen molar-refractivity contribution in [2.75, 3.05) is 5.32 Å². The van der Waals surface area contributed by atoms with Gasteiger partial charge >= 0.3 is 12.1 Å². The molecule has 0 atom stereocenters. The Morgan fingerprint density at radius 2 is 1.68 bits per heavy atom. The van der Waals surface area contributed by atoms with Crippen LogP contribution in [0.5, 0.6) is 5.75 Å². The van der Waals surface area contributed by atoms with Crippen LogP contribution < -0.4 is 10.1 Å². The highest BCUT2D eigenvalue weighted by molar-refractivity contribution is 6.03. The van der Waals surface area contributed by atoms with Crippen LogP contribution in [0.2, 0.25) is 0 Å². The number of anilines is 1. The molecule has 8 nitrogen and oxygen atoms in total. The number of amides is 1. The maximum atomic E-state index is 12.2. The molecule has 0 bridgehead atoms. The number of carbonyl (C=O) groups is 2. The number of nitrogens with zero attached hydrogens (tertiary/aromatic N) is 2. The summed E-state index contributed by atoms with van der Waals surface area (Å²) in [6.45, 7) is 3.90. The number of benzene rings is 1. The molecule has 0 unspecified atom stereocenters. The molecule has 31 heavy (non-hydrogen) atoms. The van der Waals surface area contributed by atoms with Crippen LogP contribution in [-0.4, -0.2) is 39.4 Å². The standard InChI is InChI=1S/C18H17N3O3.C2HF3O2/c1-12(2)23-15-5-3-14(4-6-15)18(22)20-17-11-16(21-24-17)13-7-9-19-10-8-13;3-2(4,5)1(6)7/h3-12H,1-2H3,(H,20,22);(H,6,7). The molecule has 3 aromatic rings. The van der Waals surface area contributed by atoms with E-state index >= 15 is 0 Å². The van der Waals surface area contributed by atoms with E-state index in [1.165, 1.54) is 0 Å². The smallest absolute Gasteiger partial charge is 0.490 e. The molecule has 0 saturated heterocycles. The van der Waals surface area contributed by atoms with Crippen molar-refractivity contribution in [3.63, 3.8) is 0 Å². The fraction of sp³-hybridized carbons (Fsp3) is 0.200. The van der Waals surface area contributed by atoms with Crippen molar-refractivity contribution in [1.82, 2.24) is 10.1 Å². The SMILES string of the molecule is CC(C)Oc1ccc(C(=O)Nc2cc(-c3ccncc3)no2)cc1.O=C(O)C(F)(F)F. The van der Waals surface area contributed by atoms with Crippen LogP contribution >= 0.6 is 0 Å². The van der Waals surface area contributed by atoms with Crippen molar-refractivity contribution >= 4 is 17.8 Å². The third-order valence-electron chi connectivity index (χ3n) is 3.45. The van der Waals surface area contributed by atoms with Gasteiger partial charge in [-0.3, -0.25) is 15.1 Å². The van der Waals surface area contributed by atoms with Gasteiger partial charge in [-0.25, -0.2) is 4.79 Å². The van der Waals surface area contributed by atoms with E-state index in [-0.39, 0.29) is 17.9 Å².